The van der Waals surface area contributed by atoms with Crippen LogP contribution < -0.4 is 10.2 Å². The first kappa shape index (κ1) is 22.4. The molecule has 1 aliphatic heterocycles. The van der Waals surface area contributed by atoms with Crippen molar-refractivity contribution in [2.45, 2.75) is 26.4 Å². The molecule has 184 valence electrons. The molecule has 1 fully saturated rings. The first-order chi connectivity index (χ1) is 17.5. The summed E-state index contributed by atoms with van der Waals surface area (Å²) in [6.07, 6.45) is 1.67. The van der Waals surface area contributed by atoms with Crippen LogP contribution in [0.1, 0.15) is 19.7 Å². The second-order valence-corrected chi connectivity index (χ2v) is 9.31. The molecule has 0 aliphatic carbocycles. The van der Waals surface area contributed by atoms with Gasteiger partial charge in [0.05, 0.1) is 23.3 Å². The van der Waals surface area contributed by atoms with E-state index < -0.39 is 0 Å². The average Bonchev–Trinajstić information content (AvgIpc) is 3.51. The Kier molecular flexibility index (Phi) is 5.73. The lowest BCUT2D eigenvalue weighted by Crippen LogP contribution is -2.49. The van der Waals surface area contributed by atoms with Crippen LogP contribution in [0.3, 0.4) is 0 Å². The molecular formula is C26H28FN9. The third kappa shape index (κ3) is 4.24. The Morgan fingerprint density at radius 1 is 1.00 bits per heavy atom. The molecule has 0 atom stereocenters. The predicted octanol–water partition coefficient (Wildman–Crippen LogP) is 3.97. The fourth-order valence-corrected chi connectivity index (χ4v) is 4.66. The molecule has 10 heteroatoms. The number of halogens is 1. The van der Waals surface area contributed by atoms with Gasteiger partial charge in [-0.3, -0.25) is 9.47 Å². The topological polar surface area (TPSA) is 90.8 Å². The van der Waals surface area contributed by atoms with E-state index in [1.807, 2.05) is 30.3 Å². The molecule has 5 aromatic rings. The number of nitrogens with zero attached hydrogens (tertiary/aromatic N) is 7. The highest BCUT2D eigenvalue weighted by atomic mass is 19.1. The summed E-state index contributed by atoms with van der Waals surface area (Å²) in [5.74, 6) is 1.75. The van der Waals surface area contributed by atoms with Gasteiger partial charge < -0.3 is 15.2 Å². The van der Waals surface area contributed by atoms with Crippen LogP contribution >= 0.6 is 0 Å². The summed E-state index contributed by atoms with van der Waals surface area (Å²) in [6.45, 7) is 8.45. The molecule has 0 saturated carbocycles. The SMILES string of the molecule is CC(C)N1CCN(c2nc(NCc3nc4ccccc4[nH]3)c3ncn(-c4cccc(F)c4)c3n2)CC1. The maximum absolute atomic E-state index is 14.0. The zero-order chi connectivity index (χ0) is 24.6. The van der Waals surface area contributed by atoms with Crippen molar-refractivity contribution < 1.29 is 4.39 Å². The molecule has 2 aromatic carbocycles. The quantitative estimate of drug-likeness (QED) is 0.376. The number of rotatable bonds is 6. The van der Waals surface area contributed by atoms with Crippen molar-refractivity contribution in [2.75, 3.05) is 36.4 Å². The molecule has 6 rings (SSSR count). The van der Waals surface area contributed by atoms with Crippen LogP contribution in [0.15, 0.2) is 54.9 Å². The molecule has 1 saturated heterocycles. The third-order valence-electron chi connectivity index (χ3n) is 6.66. The lowest BCUT2D eigenvalue weighted by Gasteiger charge is -2.37. The third-order valence-corrected chi connectivity index (χ3v) is 6.66. The molecule has 0 spiro atoms. The molecule has 0 radical (unpaired) electrons. The Morgan fingerprint density at radius 2 is 1.83 bits per heavy atom. The van der Waals surface area contributed by atoms with Crippen molar-refractivity contribution in [2.24, 2.45) is 0 Å². The summed E-state index contributed by atoms with van der Waals surface area (Å²) in [5, 5.41) is 3.42. The second kappa shape index (κ2) is 9.19. The van der Waals surface area contributed by atoms with E-state index >= 15 is 0 Å². The normalized spacial score (nSPS) is 14.8. The van der Waals surface area contributed by atoms with Gasteiger partial charge in [-0.05, 0) is 44.2 Å². The number of aromatic nitrogens is 6. The molecule has 4 heterocycles. The minimum Gasteiger partial charge on any atom is -0.361 e. The number of para-hydroxylation sites is 2. The lowest BCUT2D eigenvalue weighted by molar-refractivity contribution is 0.208. The number of hydrogen-bond acceptors (Lipinski definition) is 7. The molecule has 0 amide bonds. The van der Waals surface area contributed by atoms with Gasteiger partial charge in [0.25, 0.3) is 0 Å². The van der Waals surface area contributed by atoms with Gasteiger partial charge in [0.1, 0.15) is 18.0 Å². The standard InChI is InChI=1S/C26H28FN9/c1-17(2)34-10-12-35(13-11-34)26-32-24(28-15-22-30-20-8-3-4-9-21(20)31-22)23-25(33-26)36(16-29-23)19-7-5-6-18(27)14-19/h3-9,14,16-17H,10-13,15H2,1-2H3,(H,30,31)(H,28,32,33). The molecule has 36 heavy (non-hydrogen) atoms. The highest BCUT2D eigenvalue weighted by molar-refractivity contribution is 5.85. The summed E-state index contributed by atoms with van der Waals surface area (Å²) < 4.78 is 15.8. The second-order valence-electron chi connectivity index (χ2n) is 9.31. The Morgan fingerprint density at radius 3 is 2.61 bits per heavy atom. The molecule has 0 bridgehead atoms. The Bertz CT molecular complexity index is 1480. The zero-order valence-electron chi connectivity index (χ0n) is 20.3. The van der Waals surface area contributed by atoms with E-state index in [9.17, 15) is 4.39 Å². The van der Waals surface area contributed by atoms with Gasteiger partial charge in [0.15, 0.2) is 17.0 Å². The number of hydrogen-bond donors (Lipinski definition) is 2. The zero-order valence-corrected chi connectivity index (χ0v) is 20.3. The number of fused-ring (bicyclic) bond motifs is 2. The fraction of sp³-hybridized carbons (Fsp3) is 0.308. The van der Waals surface area contributed by atoms with Crippen molar-refractivity contribution >= 4 is 34.0 Å². The van der Waals surface area contributed by atoms with Crippen molar-refractivity contribution in [3.05, 3.63) is 66.5 Å². The van der Waals surface area contributed by atoms with E-state index in [1.54, 1.807) is 17.0 Å². The fourth-order valence-electron chi connectivity index (χ4n) is 4.66. The van der Waals surface area contributed by atoms with Crippen LogP contribution in [-0.2, 0) is 6.54 Å². The van der Waals surface area contributed by atoms with Crippen LogP contribution in [0.4, 0.5) is 16.2 Å². The maximum atomic E-state index is 14.0. The van der Waals surface area contributed by atoms with E-state index in [-0.39, 0.29) is 5.82 Å². The van der Waals surface area contributed by atoms with Crippen LogP contribution in [0.25, 0.3) is 27.9 Å². The van der Waals surface area contributed by atoms with Crippen molar-refractivity contribution in [3.63, 3.8) is 0 Å². The average molecular weight is 486 g/mol. The van der Waals surface area contributed by atoms with Gasteiger partial charge in [-0.2, -0.15) is 9.97 Å². The van der Waals surface area contributed by atoms with Gasteiger partial charge in [-0.1, -0.05) is 18.2 Å². The summed E-state index contributed by atoms with van der Waals surface area (Å²) >= 11 is 0. The predicted molar refractivity (Wildman–Crippen MR) is 139 cm³/mol. The van der Waals surface area contributed by atoms with Gasteiger partial charge in [-0.25, -0.2) is 14.4 Å². The number of imidazole rings is 2. The Labute approximate surface area is 208 Å². The van der Waals surface area contributed by atoms with E-state index in [1.165, 1.54) is 12.1 Å². The first-order valence-electron chi connectivity index (χ1n) is 12.2. The summed E-state index contributed by atoms with van der Waals surface area (Å²) in [7, 11) is 0. The highest BCUT2D eigenvalue weighted by Crippen LogP contribution is 2.26. The van der Waals surface area contributed by atoms with Gasteiger partial charge in [0, 0.05) is 32.2 Å². The lowest BCUT2D eigenvalue weighted by atomic mass is 10.2. The number of benzene rings is 2. The molecular weight excluding hydrogens is 457 g/mol. The smallest absolute Gasteiger partial charge is 0.229 e. The Hall–Kier alpha value is -4.05. The number of nitrogens with one attached hydrogen (secondary N) is 2. The first-order valence-corrected chi connectivity index (χ1v) is 12.2. The van der Waals surface area contributed by atoms with Gasteiger partial charge in [-0.15, -0.1) is 0 Å². The molecule has 9 nitrogen and oxygen atoms in total. The summed E-state index contributed by atoms with van der Waals surface area (Å²) in [4.78, 5) is 27.0. The van der Waals surface area contributed by atoms with Crippen LogP contribution in [0.2, 0.25) is 0 Å². The summed E-state index contributed by atoms with van der Waals surface area (Å²) in [6, 6.07) is 14.9. The molecule has 3 aromatic heterocycles. The van der Waals surface area contributed by atoms with E-state index in [4.69, 9.17) is 9.97 Å². The molecule has 2 N–H and O–H groups in total. The van der Waals surface area contributed by atoms with E-state index in [0.29, 0.717) is 41.2 Å². The van der Waals surface area contributed by atoms with E-state index in [0.717, 1.165) is 43.0 Å². The number of anilines is 2. The number of aromatic amines is 1. The van der Waals surface area contributed by atoms with E-state index in [2.05, 4.69) is 43.9 Å². The van der Waals surface area contributed by atoms with Crippen molar-refractivity contribution in [1.29, 1.82) is 0 Å². The largest absolute Gasteiger partial charge is 0.361 e. The van der Waals surface area contributed by atoms with Crippen molar-refractivity contribution in [3.8, 4) is 5.69 Å². The van der Waals surface area contributed by atoms with Crippen LogP contribution in [0, 0.1) is 5.82 Å². The van der Waals surface area contributed by atoms with Gasteiger partial charge in [0.2, 0.25) is 5.95 Å². The van der Waals surface area contributed by atoms with Crippen molar-refractivity contribution in [1.82, 2.24) is 34.4 Å². The van der Waals surface area contributed by atoms with Gasteiger partial charge >= 0.3 is 0 Å². The maximum Gasteiger partial charge on any atom is 0.229 e. The molecule has 1 aliphatic rings. The molecule has 0 unspecified atom stereocenters. The minimum absolute atomic E-state index is 0.309. The highest BCUT2D eigenvalue weighted by Gasteiger charge is 2.23. The Balaban J connectivity index is 1.37. The number of H-pyrrole nitrogens is 1. The monoisotopic (exact) mass is 485 g/mol. The summed E-state index contributed by atoms with van der Waals surface area (Å²) in [5.41, 5.74) is 3.82. The van der Waals surface area contributed by atoms with Crippen LogP contribution in [-0.4, -0.2) is 66.6 Å². The van der Waals surface area contributed by atoms with Crippen LogP contribution in [0.5, 0.6) is 0 Å². The number of piperazine rings is 1. The minimum atomic E-state index is -0.309.